The maximum Gasteiger partial charge on any atom is 0.326 e. The van der Waals surface area contributed by atoms with Crippen LogP contribution in [0, 0.1) is 6.92 Å². The summed E-state index contributed by atoms with van der Waals surface area (Å²) in [6, 6.07) is 6.74. The first-order valence-electron chi connectivity index (χ1n) is 6.22. The fraction of sp³-hybridized carbons (Fsp3) is 0.429. The summed E-state index contributed by atoms with van der Waals surface area (Å²) in [4.78, 5) is 22.5. The number of aryl methyl sites for hydroxylation is 2. The van der Waals surface area contributed by atoms with E-state index in [-0.39, 0.29) is 25.4 Å². The second-order valence-electron chi connectivity index (χ2n) is 4.40. The maximum atomic E-state index is 11.7. The fourth-order valence-electron chi connectivity index (χ4n) is 1.79. The molecule has 0 fully saturated rings. The van der Waals surface area contributed by atoms with Gasteiger partial charge in [0.2, 0.25) is 5.91 Å². The SMILES string of the molecule is Cc1ccccc1CCC(=O)N[C@@H](CCO)C(=O)O. The average molecular weight is 265 g/mol. The molecule has 1 aromatic carbocycles. The van der Waals surface area contributed by atoms with Gasteiger partial charge in [0.05, 0.1) is 0 Å². The van der Waals surface area contributed by atoms with Gasteiger partial charge in [0.15, 0.2) is 0 Å². The molecule has 5 nitrogen and oxygen atoms in total. The van der Waals surface area contributed by atoms with Crippen LogP contribution in [0.3, 0.4) is 0 Å². The quantitative estimate of drug-likeness (QED) is 0.683. The zero-order valence-corrected chi connectivity index (χ0v) is 10.9. The molecule has 0 aromatic heterocycles. The molecule has 104 valence electrons. The van der Waals surface area contributed by atoms with Crippen LogP contribution in [-0.2, 0) is 16.0 Å². The number of carbonyl (C=O) groups is 2. The number of nitrogens with one attached hydrogen (secondary N) is 1. The molecule has 0 aliphatic heterocycles. The van der Waals surface area contributed by atoms with Crippen molar-refractivity contribution in [2.24, 2.45) is 0 Å². The number of aliphatic carboxylic acids is 1. The molecule has 0 radical (unpaired) electrons. The Labute approximate surface area is 112 Å². The number of rotatable bonds is 7. The Hall–Kier alpha value is -1.88. The zero-order chi connectivity index (χ0) is 14.3. The molecule has 3 N–H and O–H groups in total. The van der Waals surface area contributed by atoms with Crippen molar-refractivity contribution in [3.63, 3.8) is 0 Å². The number of aliphatic hydroxyl groups is 1. The molecule has 1 aromatic rings. The summed E-state index contributed by atoms with van der Waals surface area (Å²) in [5.41, 5.74) is 2.19. The number of aliphatic hydroxyl groups excluding tert-OH is 1. The number of carboxylic acid groups (broad SMARTS) is 1. The minimum absolute atomic E-state index is 0.0193. The number of carboxylic acids is 1. The van der Waals surface area contributed by atoms with E-state index >= 15 is 0 Å². The molecule has 0 unspecified atom stereocenters. The van der Waals surface area contributed by atoms with Crippen molar-refractivity contribution in [1.29, 1.82) is 0 Å². The third-order valence-electron chi connectivity index (χ3n) is 2.93. The van der Waals surface area contributed by atoms with Crippen LogP contribution in [0.5, 0.6) is 0 Å². The summed E-state index contributed by atoms with van der Waals surface area (Å²) in [5.74, 6) is -1.44. The molecular formula is C14H19NO4. The minimum Gasteiger partial charge on any atom is -0.480 e. The molecule has 0 aliphatic carbocycles. The lowest BCUT2D eigenvalue weighted by Crippen LogP contribution is -2.41. The number of carbonyl (C=O) groups excluding carboxylic acids is 1. The molecule has 0 saturated carbocycles. The molecule has 0 spiro atoms. The van der Waals surface area contributed by atoms with Crippen LogP contribution in [-0.4, -0.2) is 34.7 Å². The predicted octanol–water partition coefficient (Wildman–Crippen LogP) is 0.879. The molecular weight excluding hydrogens is 246 g/mol. The summed E-state index contributed by atoms with van der Waals surface area (Å²) in [7, 11) is 0. The molecule has 0 aliphatic rings. The third kappa shape index (κ3) is 5.09. The molecule has 0 saturated heterocycles. The highest BCUT2D eigenvalue weighted by molar-refractivity contribution is 5.83. The topological polar surface area (TPSA) is 86.6 Å². The van der Waals surface area contributed by atoms with E-state index in [0.717, 1.165) is 11.1 Å². The van der Waals surface area contributed by atoms with Gasteiger partial charge >= 0.3 is 5.97 Å². The Bertz CT molecular complexity index is 445. The lowest BCUT2D eigenvalue weighted by Gasteiger charge is -2.13. The van der Waals surface area contributed by atoms with E-state index in [2.05, 4.69) is 5.32 Å². The van der Waals surface area contributed by atoms with E-state index in [4.69, 9.17) is 10.2 Å². The molecule has 5 heteroatoms. The van der Waals surface area contributed by atoms with Crippen molar-refractivity contribution in [2.45, 2.75) is 32.2 Å². The number of hydrogen-bond donors (Lipinski definition) is 3. The Balaban J connectivity index is 2.47. The summed E-state index contributed by atoms with van der Waals surface area (Å²) in [6.45, 7) is 1.70. The summed E-state index contributed by atoms with van der Waals surface area (Å²) < 4.78 is 0. The van der Waals surface area contributed by atoms with Crippen molar-refractivity contribution in [3.05, 3.63) is 35.4 Å². The van der Waals surface area contributed by atoms with Gasteiger partial charge < -0.3 is 15.5 Å². The first-order chi connectivity index (χ1) is 9.04. The maximum absolute atomic E-state index is 11.7. The standard InChI is InChI=1S/C14H19NO4/c1-10-4-2-3-5-11(10)6-7-13(17)15-12(8-9-16)14(18)19/h2-5,12,16H,6-9H2,1H3,(H,15,17)(H,18,19)/t12-/m0/s1. The van der Waals surface area contributed by atoms with Crippen molar-refractivity contribution in [3.8, 4) is 0 Å². The van der Waals surface area contributed by atoms with Crippen LogP contribution in [0.15, 0.2) is 24.3 Å². The smallest absolute Gasteiger partial charge is 0.326 e. The Morgan fingerprint density at radius 2 is 2.00 bits per heavy atom. The highest BCUT2D eigenvalue weighted by Gasteiger charge is 2.18. The minimum atomic E-state index is -1.13. The van der Waals surface area contributed by atoms with Crippen LogP contribution >= 0.6 is 0 Å². The van der Waals surface area contributed by atoms with Gasteiger partial charge in [-0.05, 0) is 24.5 Å². The molecule has 0 bridgehead atoms. The van der Waals surface area contributed by atoms with Gasteiger partial charge in [-0.1, -0.05) is 24.3 Å². The van der Waals surface area contributed by atoms with Crippen molar-refractivity contribution in [1.82, 2.24) is 5.32 Å². The molecule has 1 atom stereocenters. The monoisotopic (exact) mass is 265 g/mol. The summed E-state index contributed by atoms with van der Waals surface area (Å²) in [6.07, 6.45) is 0.829. The molecule has 1 rings (SSSR count). The van der Waals surface area contributed by atoms with Gasteiger partial charge in [-0.25, -0.2) is 4.79 Å². The van der Waals surface area contributed by atoms with E-state index in [9.17, 15) is 9.59 Å². The third-order valence-corrected chi connectivity index (χ3v) is 2.93. The normalized spacial score (nSPS) is 11.9. The van der Waals surface area contributed by atoms with Crippen LogP contribution in [0.1, 0.15) is 24.0 Å². The molecule has 19 heavy (non-hydrogen) atoms. The largest absolute Gasteiger partial charge is 0.480 e. The van der Waals surface area contributed by atoms with Crippen LogP contribution in [0.25, 0.3) is 0 Å². The second kappa shape index (κ2) is 7.53. The van der Waals surface area contributed by atoms with E-state index in [1.54, 1.807) is 0 Å². The fourth-order valence-corrected chi connectivity index (χ4v) is 1.79. The van der Waals surface area contributed by atoms with Gasteiger partial charge in [0, 0.05) is 19.4 Å². The first kappa shape index (κ1) is 15.2. The van der Waals surface area contributed by atoms with Crippen molar-refractivity contribution < 1.29 is 19.8 Å². The Morgan fingerprint density at radius 1 is 1.32 bits per heavy atom. The first-order valence-corrected chi connectivity index (χ1v) is 6.22. The Morgan fingerprint density at radius 3 is 2.58 bits per heavy atom. The summed E-state index contributed by atoms with van der Waals surface area (Å²) in [5, 5.41) is 20.0. The highest BCUT2D eigenvalue weighted by atomic mass is 16.4. The van der Waals surface area contributed by atoms with Crippen molar-refractivity contribution in [2.75, 3.05) is 6.61 Å². The number of hydrogen-bond acceptors (Lipinski definition) is 3. The lowest BCUT2D eigenvalue weighted by molar-refractivity contribution is -0.142. The van der Waals surface area contributed by atoms with E-state index in [0.29, 0.717) is 6.42 Å². The van der Waals surface area contributed by atoms with Gasteiger partial charge in [-0.2, -0.15) is 0 Å². The van der Waals surface area contributed by atoms with Gasteiger partial charge in [-0.3, -0.25) is 4.79 Å². The van der Waals surface area contributed by atoms with E-state index in [1.165, 1.54) is 0 Å². The zero-order valence-electron chi connectivity index (χ0n) is 10.9. The van der Waals surface area contributed by atoms with Gasteiger partial charge in [0.25, 0.3) is 0 Å². The summed E-state index contributed by atoms with van der Waals surface area (Å²) >= 11 is 0. The average Bonchev–Trinajstić information content (AvgIpc) is 2.37. The Kier molecular flexibility index (Phi) is 6.02. The second-order valence-corrected chi connectivity index (χ2v) is 4.40. The molecule has 1 amide bonds. The van der Waals surface area contributed by atoms with Crippen LogP contribution < -0.4 is 5.32 Å². The van der Waals surface area contributed by atoms with Gasteiger partial charge in [-0.15, -0.1) is 0 Å². The lowest BCUT2D eigenvalue weighted by atomic mass is 10.0. The van der Waals surface area contributed by atoms with Crippen LogP contribution in [0.2, 0.25) is 0 Å². The van der Waals surface area contributed by atoms with Crippen molar-refractivity contribution >= 4 is 11.9 Å². The van der Waals surface area contributed by atoms with Crippen LogP contribution in [0.4, 0.5) is 0 Å². The predicted molar refractivity (Wildman–Crippen MR) is 70.8 cm³/mol. The van der Waals surface area contributed by atoms with Gasteiger partial charge in [0.1, 0.15) is 6.04 Å². The van der Waals surface area contributed by atoms with E-state index < -0.39 is 12.0 Å². The van der Waals surface area contributed by atoms with E-state index in [1.807, 2.05) is 31.2 Å². The molecule has 0 heterocycles. The number of amides is 1. The number of benzene rings is 1. The highest BCUT2D eigenvalue weighted by Crippen LogP contribution is 2.09.